The molecule has 2 aromatic rings. The lowest BCUT2D eigenvalue weighted by Crippen LogP contribution is -2.26. The van der Waals surface area contributed by atoms with Crippen LogP contribution in [0.4, 0.5) is 5.69 Å². The first-order chi connectivity index (χ1) is 9.54. The van der Waals surface area contributed by atoms with Crippen LogP contribution in [0.2, 0.25) is 0 Å². The summed E-state index contributed by atoms with van der Waals surface area (Å²) in [5.74, 6) is 0.00745. The third-order valence-electron chi connectivity index (χ3n) is 3.53. The Morgan fingerprint density at radius 2 is 1.80 bits per heavy atom. The monoisotopic (exact) mass is 331 g/mol. The van der Waals surface area contributed by atoms with Gasteiger partial charge in [0.1, 0.15) is 0 Å². The van der Waals surface area contributed by atoms with Crippen molar-refractivity contribution in [3.05, 3.63) is 63.6 Å². The van der Waals surface area contributed by atoms with E-state index in [4.69, 9.17) is 0 Å². The Balaban J connectivity index is 2.29. The van der Waals surface area contributed by atoms with Crippen LogP contribution in [0.1, 0.15) is 28.4 Å². The summed E-state index contributed by atoms with van der Waals surface area (Å²) in [5.41, 5.74) is 3.87. The number of halogens is 1. The molecule has 0 aliphatic rings. The van der Waals surface area contributed by atoms with E-state index in [2.05, 4.69) is 35.0 Å². The Labute approximate surface area is 128 Å². The molecule has 0 bridgehead atoms. The maximum absolute atomic E-state index is 12.6. The van der Waals surface area contributed by atoms with Crippen molar-refractivity contribution in [2.24, 2.45) is 0 Å². The molecule has 0 unspecified atom stereocenters. The second-order valence-electron chi connectivity index (χ2n) is 4.80. The van der Waals surface area contributed by atoms with Crippen molar-refractivity contribution in [1.82, 2.24) is 0 Å². The van der Waals surface area contributed by atoms with Crippen LogP contribution in [0, 0.1) is 6.92 Å². The van der Waals surface area contributed by atoms with Gasteiger partial charge in [0.15, 0.2) is 0 Å². The first-order valence-electron chi connectivity index (χ1n) is 6.66. The summed E-state index contributed by atoms with van der Waals surface area (Å²) >= 11 is 3.47. The maximum Gasteiger partial charge on any atom is 0.258 e. The first kappa shape index (κ1) is 14.8. The van der Waals surface area contributed by atoms with Crippen LogP contribution in [0.15, 0.2) is 46.9 Å². The molecule has 1 amide bonds. The number of anilines is 1. The van der Waals surface area contributed by atoms with Crippen LogP contribution >= 0.6 is 15.9 Å². The van der Waals surface area contributed by atoms with Crippen molar-refractivity contribution in [3.63, 3.8) is 0 Å². The van der Waals surface area contributed by atoms with Crippen molar-refractivity contribution in [2.75, 3.05) is 11.9 Å². The highest BCUT2D eigenvalue weighted by Crippen LogP contribution is 2.23. The molecule has 0 heterocycles. The van der Waals surface area contributed by atoms with Gasteiger partial charge in [-0.3, -0.25) is 4.79 Å². The van der Waals surface area contributed by atoms with Gasteiger partial charge in [-0.05, 0) is 48.7 Å². The van der Waals surface area contributed by atoms with E-state index in [1.807, 2.05) is 44.3 Å². The molecule has 3 heteroatoms. The number of aryl methyl sites for hydroxylation is 1. The number of hydrogen-bond donors (Lipinski definition) is 0. The molecule has 0 fully saturated rings. The van der Waals surface area contributed by atoms with Crippen LogP contribution in [0.25, 0.3) is 0 Å². The average molecular weight is 332 g/mol. The summed E-state index contributed by atoms with van der Waals surface area (Å²) < 4.78 is 0.957. The zero-order valence-corrected chi connectivity index (χ0v) is 13.6. The Morgan fingerprint density at radius 3 is 2.40 bits per heavy atom. The van der Waals surface area contributed by atoms with E-state index in [1.165, 1.54) is 5.56 Å². The van der Waals surface area contributed by atoms with E-state index in [0.717, 1.165) is 27.7 Å². The first-order valence-corrected chi connectivity index (χ1v) is 7.46. The lowest BCUT2D eigenvalue weighted by molar-refractivity contribution is 0.0992. The second-order valence-corrected chi connectivity index (χ2v) is 5.65. The molecule has 0 spiro atoms. The quantitative estimate of drug-likeness (QED) is 0.805. The summed E-state index contributed by atoms with van der Waals surface area (Å²) in [6, 6.07) is 13.8. The van der Waals surface area contributed by atoms with Crippen molar-refractivity contribution < 1.29 is 4.79 Å². The Bertz CT molecular complexity index is 619. The molecule has 2 aromatic carbocycles. The van der Waals surface area contributed by atoms with E-state index in [0.29, 0.717) is 0 Å². The fourth-order valence-corrected chi connectivity index (χ4v) is 2.46. The molecule has 0 aromatic heterocycles. The minimum absolute atomic E-state index is 0.00745. The van der Waals surface area contributed by atoms with E-state index < -0.39 is 0 Å². The van der Waals surface area contributed by atoms with Gasteiger partial charge in [0.2, 0.25) is 0 Å². The molecule has 0 saturated heterocycles. The van der Waals surface area contributed by atoms with Crippen molar-refractivity contribution in [3.8, 4) is 0 Å². The van der Waals surface area contributed by atoms with Gasteiger partial charge in [0, 0.05) is 22.8 Å². The van der Waals surface area contributed by atoms with Crippen LogP contribution < -0.4 is 4.90 Å². The van der Waals surface area contributed by atoms with Gasteiger partial charge >= 0.3 is 0 Å². The number of hydrogen-bond acceptors (Lipinski definition) is 1. The molecule has 0 N–H and O–H groups in total. The van der Waals surface area contributed by atoms with Crippen molar-refractivity contribution in [1.29, 1.82) is 0 Å². The topological polar surface area (TPSA) is 20.3 Å². The molecule has 2 rings (SSSR count). The maximum atomic E-state index is 12.6. The van der Waals surface area contributed by atoms with Crippen LogP contribution in [-0.4, -0.2) is 13.0 Å². The standard InChI is InChI=1S/C17H18BrNO/c1-4-13-8-10-14(11-9-13)19(3)17(20)15-6-5-7-16(18)12(15)2/h5-11H,4H2,1-3H3. The highest BCUT2D eigenvalue weighted by Gasteiger charge is 2.16. The SMILES string of the molecule is CCc1ccc(N(C)C(=O)c2cccc(Br)c2C)cc1. The molecule has 0 aliphatic carbocycles. The summed E-state index contributed by atoms with van der Waals surface area (Å²) in [5, 5.41) is 0. The summed E-state index contributed by atoms with van der Waals surface area (Å²) in [6.45, 7) is 4.07. The number of rotatable bonds is 3. The Kier molecular flexibility index (Phi) is 4.61. The molecule has 104 valence electrons. The molecule has 2 nitrogen and oxygen atoms in total. The lowest BCUT2D eigenvalue weighted by Gasteiger charge is -2.19. The normalized spacial score (nSPS) is 10.4. The highest BCUT2D eigenvalue weighted by atomic mass is 79.9. The number of nitrogens with zero attached hydrogens (tertiary/aromatic N) is 1. The van der Waals surface area contributed by atoms with Crippen molar-refractivity contribution >= 4 is 27.5 Å². The van der Waals surface area contributed by atoms with E-state index in [1.54, 1.807) is 4.90 Å². The van der Waals surface area contributed by atoms with E-state index in [9.17, 15) is 4.79 Å². The largest absolute Gasteiger partial charge is 0.311 e. The molecule has 0 radical (unpaired) electrons. The molecular weight excluding hydrogens is 314 g/mol. The van der Waals surface area contributed by atoms with Crippen LogP contribution in [0.5, 0.6) is 0 Å². The third kappa shape index (κ3) is 2.93. The highest BCUT2D eigenvalue weighted by molar-refractivity contribution is 9.10. The average Bonchev–Trinajstić information content (AvgIpc) is 2.48. The van der Waals surface area contributed by atoms with Crippen LogP contribution in [-0.2, 0) is 6.42 Å². The van der Waals surface area contributed by atoms with Gasteiger partial charge in [0.05, 0.1) is 0 Å². The van der Waals surface area contributed by atoms with Crippen molar-refractivity contribution in [2.45, 2.75) is 20.3 Å². The predicted octanol–water partition coefficient (Wildman–Crippen LogP) is 4.60. The van der Waals surface area contributed by atoms with Gasteiger partial charge in [-0.2, -0.15) is 0 Å². The third-order valence-corrected chi connectivity index (χ3v) is 4.39. The number of carbonyl (C=O) groups is 1. The van der Waals surface area contributed by atoms with Gasteiger partial charge < -0.3 is 4.90 Å². The summed E-state index contributed by atoms with van der Waals surface area (Å²) in [6.07, 6.45) is 1.00. The Morgan fingerprint density at radius 1 is 1.15 bits per heavy atom. The predicted molar refractivity (Wildman–Crippen MR) is 87.4 cm³/mol. The fraction of sp³-hybridized carbons (Fsp3) is 0.235. The fourth-order valence-electron chi connectivity index (χ4n) is 2.09. The minimum Gasteiger partial charge on any atom is -0.311 e. The van der Waals surface area contributed by atoms with Crippen LogP contribution in [0.3, 0.4) is 0 Å². The number of amides is 1. The van der Waals surface area contributed by atoms with E-state index >= 15 is 0 Å². The zero-order chi connectivity index (χ0) is 14.7. The molecular formula is C17H18BrNO. The van der Waals surface area contributed by atoms with E-state index in [-0.39, 0.29) is 5.91 Å². The van der Waals surface area contributed by atoms with Gasteiger partial charge in [0.25, 0.3) is 5.91 Å². The lowest BCUT2D eigenvalue weighted by atomic mass is 10.1. The summed E-state index contributed by atoms with van der Waals surface area (Å²) in [7, 11) is 1.81. The van der Waals surface area contributed by atoms with Gasteiger partial charge in [-0.25, -0.2) is 0 Å². The minimum atomic E-state index is 0.00745. The molecule has 0 saturated carbocycles. The Hall–Kier alpha value is -1.61. The number of carbonyl (C=O) groups excluding carboxylic acids is 1. The molecule has 0 aliphatic heterocycles. The smallest absolute Gasteiger partial charge is 0.258 e. The number of benzene rings is 2. The van der Waals surface area contributed by atoms with Gasteiger partial charge in [-0.1, -0.05) is 41.1 Å². The second kappa shape index (κ2) is 6.23. The zero-order valence-electron chi connectivity index (χ0n) is 12.0. The summed E-state index contributed by atoms with van der Waals surface area (Å²) in [4.78, 5) is 14.3. The molecule has 0 atom stereocenters. The molecule has 20 heavy (non-hydrogen) atoms. The van der Waals surface area contributed by atoms with Gasteiger partial charge in [-0.15, -0.1) is 0 Å².